The SMILES string of the molecule is CC1(C)CN(CCC(C)(NC2CC2)C(N)=O)CCO1. The summed E-state index contributed by atoms with van der Waals surface area (Å²) in [5, 5.41) is 3.39. The number of ether oxygens (including phenoxy) is 1. The molecule has 0 bridgehead atoms. The number of carbonyl (C=O) groups is 1. The highest BCUT2D eigenvalue weighted by molar-refractivity contribution is 5.84. The van der Waals surface area contributed by atoms with Crippen molar-refractivity contribution in [2.24, 2.45) is 5.73 Å². The fraction of sp³-hybridized carbons (Fsp3) is 0.929. The summed E-state index contributed by atoms with van der Waals surface area (Å²) in [4.78, 5) is 14.1. The van der Waals surface area contributed by atoms with Gasteiger partial charge in [0, 0.05) is 25.7 Å². The molecule has 1 aliphatic carbocycles. The fourth-order valence-corrected chi connectivity index (χ4v) is 2.63. The average Bonchev–Trinajstić information content (AvgIpc) is 3.09. The lowest BCUT2D eigenvalue weighted by Gasteiger charge is -2.39. The first-order valence-corrected chi connectivity index (χ1v) is 7.25. The molecule has 19 heavy (non-hydrogen) atoms. The van der Waals surface area contributed by atoms with Crippen molar-refractivity contribution >= 4 is 5.91 Å². The zero-order chi connectivity index (χ0) is 14.1. The molecule has 0 spiro atoms. The Morgan fingerprint density at radius 1 is 1.53 bits per heavy atom. The van der Waals surface area contributed by atoms with Crippen molar-refractivity contribution < 1.29 is 9.53 Å². The first kappa shape index (κ1) is 14.8. The van der Waals surface area contributed by atoms with E-state index < -0.39 is 5.54 Å². The quantitative estimate of drug-likeness (QED) is 0.736. The average molecular weight is 269 g/mol. The number of hydrogen-bond acceptors (Lipinski definition) is 4. The van der Waals surface area contributed by atoms with Crippen molar-refractivity contribution in [1.29, 1.82) is 0 Å². The van der Waals surface area contributed by atoms with Gasteiger partial charge >= 0.3 is 0 Å². The molecule has 1 amide bonds. The minimum Gasteiger partial charge on any atom is -0.373 e. The van der Waals surface area contributed by atoms with Gasteiger partial charge < -0.3 is 15.8 Å². The topological polar surface area (TPSA) is 67.6 Å². The van der Waals surface area contributed by atoms with Gasteiger partial charge in [0.2, 0.25) is 5.91 Å². The molecule has 1 saturated carbocycles. The molecule has 5 nitrogen and oxygen atoms in total. The van der Waals surface area contributed by atoms with Crippen molar-refractivity contribution in [2.75, 3.05) is 26.2 Å². The second kappa shape index (κ2) is 5.38. The van der Waals surface area contributed by atoms with Crippen LogP contribution in [0.2, 0.25) is 0 Å². The molecule has 3 N–H and O–H groups in total. The lowest BCUT2D eigenvalue weighted by molar-refractivity contribution is -0.124. The maximum Gasteiger partial charge on any atom is 0.237 e. The molecule has 1 unspecified atom stereocenters. The van der Waals surface area contributed by atoms with E-state index in [4.69, 9.17) is 10.5 Å². The Hall–Kier alpha value is -0.650. The number of morpholine rings is 1. The van der Waals surface area contributed by atoms with Crippen LogP contribution in [-0.4, -0.2) is 54.2 Å². The van der Waals surface area contributed by atoms with E-state index in [1.54, 1.807) is 0 Å². The van der Waals surface area contributed by atoms with E-state index in [1.165, 1.54) is 0 Å². The molecule has 1 aliphatic heterocycles. The van der Waals surface area contributed by atoms with Crippen LogP contribution in [0, 0.1) is 0 Å². The van der Waals surface area contributed by atoms with E-state index in [0.29, 0.717) is 6.04 Å². The summed E-state index contributed by atoms with van der Waals surface area (Å²) in [5.41, 5.74) is 4.90. The third kappa shape index (κ3) is 4.16. The van der Waals surface area contributed by atoms with Crippen LogP contribution >= 0.6 is 0 Å². The Labute approximate surface area is 115 Å². The molecule has 2 rings (SSSR count). The van der Waals surface area contributed by atoms with Crippen LogP contribution in [0.5, 0.6) is 0 Å². The summed E-state index contributed by atoms with van der Waals surface area (Å²) in [6.45, 7) is 9.62. The fourth-order valence-electron chi connectivity index (χ4n) is 2.63. The third-order valence-corrected chi connectivity index (χ3v) is 4.08. The van der Waals surface area contributed by atoms with Crippen LogP contribution in [0.1, 0.15) is 40.0 Å². The summed E-state index contributed by atoms with van der Waals surface area (Å²) in [5.74, 6) is -0.244. The number of nitrogens with zero attached hydrogens (tertiary/aromatic N) is 1. The molecule has 0 radical (unpaired) electrons. The molecule has 0 aromatic rings. The monoisotopic (exact) mass is 269 g/mol. The van der Waals surface area contributed by atoms with Crippen molar-refractivity contribution in [3.63, 3.8) is 0 Å². The van der Waals surface area contributed by atoms with Gasteiger partial charge in [0.1, 0.15) is 0 Å². The van der Waals surface area contributed by atoms with E-state index in [1.807, 2.05) is 6.92 Å². The molecular weight excluding hydrogens is 242 g/mol. The minimum absolute atomic E-state index is 0.0920. The molecule has 0 aromatic heterocycles. The molecule has 1 heterocycles. The van der Waals surface area contributed by atoms with Gasteiger partial charge in [-0.25, -0.2) is 0 Å². The second-order valence-corrected chi connectivity index (χ2v) is 6.75. The van der Waals surface area contributed by atoms with Gasteiger partial charge in [-0.3, -0.25) is 9.69 Å². The number of hydrogen-bond donors (Lipinski definition) is 2. The highest BCUT2D eigenvalue weighted by Crippen LogP contribution is 2.25. The number of carbonyl (C=O) groups excluding carboxylic acids is 1. The molecule has 5 heteroatoms. The van der Waals surface area contributed by atoms with Gasteiger partial charge in [-0.1, -0.05) is 0 Å². The van der Waals surface area contributed by atoms with Crippen molar-refractivity contribution in [3.8, 4) is 0 Å². The summed E-state index contributed by atoms with van der Waals surface area (Å²) < 4.78 is 5.70. The molecular formula is C14H27N3O2. The number of primary amides is 1. The van der Waals surface area contributed by atoms with Crippen LogP contribution < -0.4 is 11.1 Å². The predicted octanol–water partition coefficient (Wildman–Crippen LogP) is 0.483. The minimum atomic E-state index is -0.580. The van der Waals surface area contributed by atoms with E-state index in [9.17, 15) is 4.79 Å². The van der Waals surface area contributed by atoms with E-state index in [-0.39, 0.29) is 11.5 Å². The standard InChI is InChI=1S/C14H27N3O2/c1-13(2)10-17(8-9-19-13)7-6-14(3,12(15)18)16-11-4-5-11/h11,16H,4-10H2,1-3H3,(H2,15,18). The third-order valence-electron chi connectivity index (χ3n) is 4.08. The molecule has 110 valence electrons. The molecule has 1 saturated heterocycles. The van der Waals surface area contributed by atoms with Crippen molar-refractivity contribution in [2.45, 2.75) is 57.2 Å². The van der Waals surface area contributed by atoms with Gasteiger partial charge in [-0.05, 0) is 40.0 Å². The normalized spacial score (nSPS) is 26.9. The van der Waals surface area contributed by atoms with E-state index >= 15 is 0 Å². The molecule has 1 atom stereocenters. The van der Waals surface area contributed by atoms with Crippen LogP contribution in [-0.2, 0) is 9.53 Å². The Morgan fingerprint density at radius 3 is 2.74 bits per heavy atom. The maximum absolute atomic E-state index is 11.7. The first-order valence-electron chi connectivity index (χ1n) is 7.25. The van der Waals surface area contributed by atoms with E-state index in [0.717, 1.165) is 45.5 Å². The van der Waals surface area contributed by atoms with Gasteiger partial charge in [0.05, 0.1) is 17.7 Å². The van der Waals surface area contributed by atoms with Gasteiger partial charge in [0.25, 0.3) is 0 Å². The van der Waals surface area contributed by atoms with Gasteiger partial charge in [0.15, 0.2) is 0 Å². The number of rotatable bonds is 6. The predicted molar refractivity (Wildman–Crippen MR) is 74.8 cm³/mol. The van der Waals surface area contributed by atoms with E-state index in [2.05, 4.69) is 24.1 Å². The van der Waals surface area contributed by atoms with Crippen molar-refractivity contribution in [1.82, 2.24) is 10.2 Å². The van der Waals surface area contributed by atoms with Crippen LogP contribution in [0.4, 0.5) is 0 Å². The number of nitrogens with two attached hydrogens (primary N) is 1. The lowest BCUT2D eigenvalue weighted by atomic mass is 9.95. The summed E-state index contributed by atoms with van der Waals surface area (Å²) in [6, 6.07) is 0.485. The maximum atomic E-state index is 11.7. The Balaban J connectivity index is 1.86. The summed E-state index contributed by atoms with van der Waals surface area (Å²) >= 11 is 0. The largest absolute Gasteiger partial charge is 0.373 e. The summed E-state index contributed by atoms with van der Waals surface area (Å²) in [6.07, 6.45) is 3.08. The Bertz CT molecular complexity index is 342. The zero-order valence-corrected chi connectivity index (χ0v) is 12.4. The van der Waals surface area contributed by atoms with Gasteiger partial charge in [-0.2, -0.15) is 0 Å². The summed E-state index contributed by atoms with van der Waals surface area (Å²) in [7, 11) is 0. The lowest BCUT2D eigenvalue weighted by Crippen LogP contribution is -2.56. The number of amides is 1. The van der Waals surface area contributed by atoms with Crippen LogP contribution in [0.3, 0.4) is 0 Å². The number of nitrogens with one attached hydrogen (secondary N) is 1. The van der Waals surface area contributed by atoms with Gasteiger partial charge in [-0.15, -0.1) is 0 Å². The molecule has 2 aliphatic rings. The first-order chi connectivity index (χ1) is 8.81. The molecule has 0 aromatic carbocycles. The molecule has 2 fully saturated rings. The zero-order valence-electron chi connectivity index (χ0n) is 12.4. The van der Waals surface area contributed by atoms with Crippen LogP contribution in [0.25, 0.3) is 0 Å². The Kier molecular flexibility index (Phi) is 4.18. The van der Waals surface area contributed by atoms with Crippen LogP contribution in [0.15, 0.2) is 0 Å². The van der Waals surface area contributed by atoms with Crippen molar-refractivity contribution in [3.05, 3.63) is 0 Å². The second-order valence-electron chi connectivity index (χ2n) is 6.75. The Morgan fingerprint density at radius 2 is 2.21 bits per heavy atom. The highest BCUT2D eigenvalue weighted by atomic mass is 16.5. The smallest absolute Gasteiger partial charge is 0.237 e. The highest BCUT2D eigenvalue weighted by Gasteiger charge is 2.37.